The summed E-state index contributed by atoms with van der Waals surface area (Å²) in [7, 11) is 1.50. The van der Waals surface area contributed by atoms with Crippen LogP contribution in [0.2, 0.25) is 0 Å². The lowest BCUT2D eigenvalue weighted by molar-refractivity contribution is -0.870. The molecule has 1 N–H and O–H groups in total. The number of alkyl carbamates (subject to hydrolysis) is 1. The third-order valence-corrected chi connectivity index (χ3v) is 9.70. The summed E-state index contributed by atoms with van der Waals surface area (Å²) in [6.07, 6.45) is 22.4. The predicted octanol–water partition coefficient (Wildman–Crippen LogP) is 6.98. The summed E-state index contributed by atoms with van der Waals surface area (Å²) >= 11 is 0. The van der Waals surface area contributed by atoms with E-state index >= 15 is 0 Å². The van der Waals surface area contributed by atoms with Crippen molar-refractivity contribution in [3.05, 3.63) is 0 Å². The van der Waals surface area contributed by atoms with Gasteiger partial charge in [0.1, 0.15) is 13.2 Å². The highest BCUT2D eigenvalue weighted by molar-refractivity contribution is 7.45. The zero-order valence-electron chi connectivity index (χ0n) is 27.3. The van der Waals surface area contributed by atoms with Gasteiger partial charge in [-0.05, 0) is 19.3 Å². The molecule has 0 aromatic rings. The quantitative estimate of drug-likeness (QED) is 0.0634. The number of phosphoric acid groups is 1. The average Bonchev–Trinajstić information content (AvgIpc) is 3.53. The lowest BCUT2D eigenvalue weighted by Crippen LogP contribution is -2.38. The van der Waals surface area contributed by atoms with E-state index in [9.17, 15) is 14.3 Å². The number of hydrogen-bond donors (Lipinski definition) is 1. The van der Waals surface area contributed by atoms with Crippen LogP contribution in [-0.2, 0) is 23.1 Å². The fraction of sp³-hybridized carbons (Fsp3) is 0.969. The number of nitrogens with one attached hydrogen (secondary N) is 1. The summed E-state index contributed by atoms with van der Waals surface area (Å²) in [5, 5.41) is 2.86. The molecular formula is C32H63N2O7P. The Kier molecular flexibility index (Phi) is 18.8. The SMILES string of the molecule is CCCCCCCCCCCCCCCCCCNC(=O)OC[C@H]1[C@@H](COP(=O)([O-])OCC[N+](C)(C)C)[C@@H]2CC[C@H]1O2. The van der Waals surface area contributed by atoms with Crippen molar-refractivity contribution in [1.82, 2.24) is 5.32 Å². The summed E-state index contributed by atoms with van der Waals surface area (Å²) in [5.74, 6) is -0.211. The third-order valence-electron chi connectivity index (χ3n) is 8.73. The van der Waals surface area contributed by atoms with E-state index < -0.39 is 13.9 Å². The number of nitrogens with zero attached hydrogens (tertiary/aromatic N) is 1. The van der Waals surface area contributed by atoms with Gasteiger partial charge in [0.25, 0.3) is 7.82 Å². The van der Waals surface area contributed by atoms with Gasteiger partial charge in [0.15, 0.2) is 0 Å². The van der Waals surface area contributed by atoms with Crippen LogP contribution in [0.5, 0.6) is 0 Å². The first-order chi connectivity index (χ1) is 20.1. The Morgan fingerprint density at radius 2 is 1.26 bits per heavy atom. The predicted molar refractivity (Wildman–Crippen MR) is 166 cm³/mol. The second-order valence-electron chi connectivity index (χ2n) is 13.5. The van der Waals surface area contributed by atoms with Crippen LogP contribution in [-0.4, -0.2) is 76.8 Å². The molecule has 10 heteroatoms. The molecule has 1 unspecified atom stereocenters. The van der Waals surface area contributed by atoms with Crippen LogP contribution >= 0.6 is 7.82 Å². The minimum absolute atomic E-state index is 0.0127. The van der Waals surface area contributed by atoms with Crippen LogP contribution < -0.4 is 10.2 Å². The van der Waals surface area contributed by atoms with Gasteiger partial charge in [-0.2, -0.15) is 0 Å². The number of fused-ring (bicyclic) bond motifs is 2. The molecule has 2 aliphatic heterocycles. The molecule has 248 valence electrons. The van der Waals surface area contributed by atoms with Crippen molar-refractivity contribution >= 4 is 13.9 Å². The van der Waals surface area contributed by atoms with Crippen LogP contribution in [0.4, 0.5) is 4.79 Å². The van der Waals surface area contributed by atoms with E-state index in [1.54, 1.807) is 0 Å². The van der Waals surface area contributed by atoms with Crippen LogP contribution in [0, 0.1) is 11.8 Å². The van der Waals surface area contributed by atoms with Crippen LogP contribution in [0.3, 0.4) is 0 Å². The van der Waals surface area contributed by atoms with Crippen molar-refractivity contribution in [2.45, 2.75) is 135 Å². The van der Waals surface area contributed by atoms with Crippen LogP contribution in [0.1, 0.15) is 122 Å². The smallest absolute Gasteiger partial charge is 0.407 e. The van der Waals surface area contributed by atoms with Crippen molar-refractivity contribution in [2.24, 2.45) is 11.8 Å². The number of amides is 1. The molecule has 2 heterocycles. The number of rotatable bonds is 26. The summed E-state index contributed by atoms with van der Waals surface area (Å²) in [4.78, 5) is 24.5. The van der Waals surface area contributed by atoms with E-state index in [4.69, 9.17) is 18.5 Å². The van der Waals surface area contributed by atoms with Gasteiger partial charge < -0.3 is 33.2 Å². The summed E-state index contributed by atoms with van der Waals surface area (Å²) in [6.45, 7) is 3.70. The van der Waals surface area contributed by atoms with Crippen molar-refractivity contribution < 1.29 is 37.3 Å². The van der Waals surface area contributed by atoms with E-state index in [-0.39, 0.29) is 43.9 Å². The van der Waals surface area contributed by atoms with Crippen molar-refractivity contribution in [3.63, 3.8) is 0 Å². The standard InChI is InChI=1S/C32H63N2O7P/c1-5-6-7-8-9-10-11-12-13-14-15-16-17-18-19-20-23-33-32(35)38-26-28-29(31-22-21-30(28)41-31)27-40-42(36,37)39-25-24-34(2,3)4/h28-31H,5-27H2,1-4H3,(H-,33,35,36,37)/t28-,29+,30+,31-/m0/s1. The van der Waals surface area contributed by atoms with E-state index in [0.717, 1.165) is 25.7 Å². The van der Waals surface area contributed by atoms with Gasteiger partial charge in [-0.25, -0.2) is 4.79 Å². The largest absolute Gasteiger partial charge is 0.756 e. The maximum Gasteiger partial charge on any atom is 0.407 e. The number of hydrogen-bond acceptors (Lipinski definition) is 7. The molecule has 9 nitrogen and oxygen atoms in total. The summed E-state index contributed by atoms with van der Waals surface area (Å²) in [5.41, 5.74) is 0. The van der Waals surface area contributed by atoms with Gasteiger partial charge in [-0.1, -0.05) is 103 Å². The third kappa shape index (κ3) is 17.0. The maximum atomic E-state index is 12.3. The number of unbranched alkanes of at least 4 members (excludes halogenated alkanes) is 15. The van der Waals surface area contributed by atoms with Gasteiger partial charge in [0.05, 0.1) is 46.6 Å². The fourth-order valence-electron chi connectivity index (χ4n) is 6.06. The lowest BCUT2D eigenvalue weighted by atomic mass is 9.80. The van der Waals surface area contributed by atoms with Gasteiger partial charge in [-0.3, -0.25) is 4.57 Å². The average molecular weight is 619 g/mol. The lowest BCUT2D eigenvalue weighted by Gasteiger charge is -2.31. The zero-order valence-corrected chi connectivity index (χ0v) is 28.2. The molecule has 0 aromatic carbocycles. The first-order valence-electron chi connectivity index (χ1n) is 17.1. The molecule has 2 bridgehead atoms. The first-order valence-corrected chi connectivity index (χ1v) is 18.5. The zero-order chi connectivity index (χ0) is 30.7. The number of phosphoric ester groups is 1. The van der Waals surface area contributed by atoms with Gasteiger partial charge in [0.2, 0.25) is 0 Å². The molecule has 2 aliphatic rings. The Bertz CT molecular complexity index is 764. The molecule has 0 aromatic heterocycles. The molecule has 2 fully saturated rings. The Hall–Kier alpha value is -0.700. The molecule has 0 saturated carbocycles. The van der Waals surface area contributed by atoms with Crippen molar-refractivity contribution in [2.75, 3.05) is 54.1 Å². The molecule has 2 saturated heterocycles. The normalized spacial score (nSPS) is 23.3. The molecule has 2 rings (SSSR count). The molecule has 0 aliphatic carbocycles. The fourth-order valence-corrected chi connectivity index (χ4v) is 6.79. The highest BCUT2D eigenvalue weighted by Gasteiger charge is 2.49. The number of carbonyl (C=O) groups is 1. The number of carbonyl (C=O) groups excluding carboxylic acids is 1. The molecule has 1 amide bonds. The molecule has 0 spiro atoms. The summed E-state index contributed by atoms with van der Waals surface area (Å²) < 4.78 is 34.6. The highest BCUT2D eigenvalue weighted by Crippen LogP contribution is 2.47. The Labute approximate surface area is 257 Å². The molecule has 5 atom stereocenters. The van der Waals surface area contributed by atoms with Crippen molar-refractivity contribution in [1.29, 1.82) is 0 Å². The highest BCUT2D eigenvalue weighted by atomic mass is 31.2. The van der Waals surface area contributed by atoms with Gasteiger partial charge in [-0.15, -0.1) is 0 Å². The monoisotopic (exact) mass is 618 g/mol. The van der Waals surface area contributed by atoms with Crippen LogP contribution in [0.15, 0.2) is 0 Å². The van der Waals surface area contributed by atoms with E-state index in [0.29, 0.717) is 17.6 Å². The second-order valence-corrected chi connectivity index (χ2v) is 14.9. The number of quaternary nitrogens is 1. The second kappa shape index (κ2) is 21.1. The van der Waals surface area contributed by atoms with E-state index in [1.807, 2.05) is 21.1 Å². The maximum absolute atomic E-state index is 12.3. The first kappa shape index (κ1) is 37.5. The molecule has 0 radical (unpaired) electrons. The van der Waals surface area contributed by atoms with E-state index in [2.05, 4.69) is 12.2 Å². The van der Waals surface area contributed by atoms with Gasteiger partial charge >= 0.3 is 6.09 Å². The van der Waals surface area contributed by atoms with Crippen LogP contribution in [0.25, 0.3) is 0 Å². The Morgan fingerprint density at radius 3 is 1.76 bits per heavy atom. The van der Waals surface area contributed by atoms with Gasteiger partial charge in [0, 0.05) is 18.4 Å². The summed E-state index contributed by atoms with van der Waals surface area (Å²) in [6, 6.07) is 0. The van der Waals surface area contributed by atoms with Crippen molar-refractivity contribution in [3.8, 4) is 0 Å². The molecule has 42 heavy (non-hydrogen) atoms. The minimum atomic E-state index is -4.40. The molecular weight excluding hydrogens is 555 g/mol. The number of ether oxygens (including phenoxy) is 2. The number of likely N-dealkylation sites (N-methyl/N-ethyl adjacent to an activating group) is 1. The topological polar surface area (TPSA) is 106 Å². The minimum Gasteiger partial charge on any atom is -0.756 e. The van der Waals surface area contributed by atoms with E-state index in [1.165, 1.54) is 89.9 Å². The Balaban J connectivity index is 1.46. The Morgan fingerprint density at radius 1 is 0.786 bits per heavy atom.